The molecule has 0 bridgehead atoms. The fourth-order valence-electron chi connectivity index (χ4n) is 2.17. The van der Waals surface area contributed by atoms with E-state index in [2.05, 4.69) is 27.2 Å². The van der Waals surface area contributed by atoms with Crippen LogP contribution in [-0.4, -0.2) is 25.5 Å². The number of amides is 1. The Balaban J connectivity index is 2.41. The van der Waals surface area contributed by atoms with Crippen LogP contribution in [0.3, 0.4) is 0 Å². The van der Waals surface area contributed by atoms with Crippen LogP contribution in [0, 0.1) is 5.92 Å². The molecule has 1 amide bonds. The molecule has 1 heterocycles. The van der Waals surface area contributed by atoms with Crippen LogP contribution >= 0.6 is 27.5 Å². The molecule has 106 valence electrons. The van der Waals surface area contributed by atoms with E-state index in [9.17, 15) is 9.59 Å². The van der Waals surface area contributed by atoms with Gasteiger partial charge in [-0.3, -0.25) is 4.79 Å². The van der Waals surface area contributed by atoms with Crippen LogP contribution in [0.4, 0.5) is 5.69 Å². The summed E-state index contributed by atoms with van der Waals surface area (Å²) in [6, 6.07) is 3.10. The number of anilines is 1. The topological polar surface area (TPSA) is 46.6 Å². The van der Waals surface area contributed by atoms with Gasteiger partial charge < -0.3 is 9.64 Å². The van der Waals surface area contributed by atoms with Crippen molar-refractivity contribution in [2.45, 2.75) is 6.42 Å². The molecule has 0 radical (unpaired) electrons. The maximum absolute atomic E-state index is 12.0. The number of nitrogens with zero attached hydrogens (tertiary/aromatic N) is 1. The Kier molecular flexibility index (Phi) is 4.50. The predicted octanol–water partition coefficient (Wildman–Crippen LogP) is 3.43. The first-order valence-electron chi connectivity index (χ1n) is 5.98. The summed E-state index contributed by atoms with van der Waals surface area (Å²) in [6.45, 7) is 4.25. The second kappa shape index (κ2) is 5.97. The van der Waals surface area contributed by atoms with Crippen molar-refractivity contribution >= 4 is 45.1 Å². The lowest BCUT2D eigenvalue weighted by Gasteiger charge is -2.20. The normalized spacial score (nSPS) is 18.2. The molecule has 0 spiro atoms. The van der Waals surface area contributed by atoms with Crippen molar-refractivity contribution in [1.82, 2.24) is 0 Å². The third kappa shape index (κ3) is 2.74. The van der Waals surface area contributed by atoms with Crippen molar-refractivity contribution in [2.24, 2.45) is 5.92 Å². The summed E-state index contributed by atoms with van der Waals surface area (Å²) in [6.07, 6.45) is 2.19. The summed E-state index contributed by atoms with van der Waals surface area (Å²) in [7, 11) is 1.30. The van der Waals surface area contributed by atoms with Gasteiger partial charge in [-0.2, -0.15) is 0 Å². The highest BCUT2D eigenvalue weighted by Crippen LogP contribution is 2.38. The van der Waals surface area contributed by atoms with Crippen molar-refractivity contribution in [2.75, 3.05) is 18.6 Å². The van der Waals surface area contributed by atoms with E-state index in [1.165, 1.54) is 13.2 Å². The summed E-state index contributed by atoms with van der Waals surface area (Å²) in [5, 5.41) is 0.331. The highest BCUT2D eigenvalue weighted by atomic mass is 79.9. The number of methoxy groups -OCH3 is 1. The van der Waals surface area contributed by atoms with Crippen LogP contribution in [-0.2, 0) is 9.53 Å². The Labute approximate surface area is 130 Å². The summed E-state index contributed by atoms with van der Waals surface area (Å²) >= 11 is 9.58. The molecule has 1 fully saturated rings. The SMILES string of the molecule is C=CC1CC(=O)N(c2c(Cl)cc(C(=O)OC)cc2Br)C1. The highest BCUT2D eigenvalue weighted by molar-refractivity contribution is 9.10. The van der Waals surface area contributed by atoms with Gasteiger partial charge in [-0.1, -0.05) is 17.7 Å². The average molecular weight is 359 g/mol. The van der Waals surface area contributed by atoms with Crippen molar-refractivity contribution in [3.8, 4) is 0 Å². The minimum atomic E-state index is -0.476. The standard InChI is InChI=1S/C14H13BrClNO3/c1-3-8-4-12(18)17(7-8)13-10(15)5-9(6-11(13)16)14(19)20-2/h3,5-6,8H,1,4,7H2,2H3. The van der Waals surface area contributed by atoms with Gasteiger partial charge in [0, 0.05) is 23.4 Å². The Morgan fingerprint density at radius 1 is 1.60 bits per heavy atom. The van der Waals surface area contributed by atoms with Crippen LogP contribution in [0.5, 0.6) is 0 Å². The van der Waals surface area contributed by atoms with Crippen LogP contribution < -0.4 is 4.90 Å². The Morgan fingerprint density at radius 2 is 2.30 bits per heavy atom. The fraction of sp³-hybridized carbons (Fsp3) is 0.286. The van der Waals surface area contributed by atoms with Crippen LogP contribution in [0.25, 0.3) is 0 Å². The molecule has 20 heavy (non-hydrogen) atoms. The number of ether oxygens (including phenoxy) is 1. The molecule has 1 aliphatic heterocycles. The van der Waals surface area contributed by atoms with Crippen molar-refractivity contribution in [1.29, 1.82) is 0 Å². The van der Waals surface area contributed by atoms with Gasteiger partial charge in [0.1, 0.15) is 0 Å². The minimum Gasteiger partial charge on any atom is -0.465 e. The van der Waals surface area contributed by atoms with Crippen molar-refractivity contribution in [3.63, 3.8) is 0 Å². The fourth-order valence-corrected chi connectivity index (χ4v) is 3.28. The quantitative estimate of drug-likeness (QED) is 0.614. The van der Waals surface area contributed by atoms with E-state index < -0.39 is 5.97 Å². The molecular formula is C14H13BrClNO3. The van der Waals surface area contributed by atoms with Gasteiger partial charge in [0.25, 0.3) is 0 Å². The molecule has 0 saturated carbocycles. The average Bonchev–Trinajstić information content (AvgIpc) is 2.78. The summed E-state index contributed by atoms with van der Waals surface area (Å²) in [4.78, 5) is 25.2. The largest absolute Gasteiger partial charge is 0.465 e. The van der Waals surface area contributed by atoms with E-state index >= 15 is 0 Å². The summed E-state index contributed by atoms with van der Waals surface area (Å²) in [5.41, 5.74) is 0.911. The van der Waals surface area contributed by atoms with Gasteiger partial charge in [-0.15, -0.1) is 6.58 Å². The Hall–Kier alpha value is -1.33. The molecule has 1 aromatic carbocycles. The molecule has 6 heteroatoms. The first-order valence-corrected chi connectivity index (χ1v) is 7.15. The molecule has 1 atom stereocenters. The number of benzene rings is 1. The Morgan fingerprint density at radius 3 is 2.80 bits per heavy atom. The zero-order valence-electron chi connectivity index (χ0n) is 10.9. The van der Waals surface area contributed by atoms with Gasteiger partial charge in [0.2, 0.25) is 5.91 Å². The number of carbonyl (C=O) groups excluding carboxylic acids is 2. The molecule has 4 nitrogen and oxygen atoms in total. The molecule has 1 saturated heterocycles. The third-order valence-corrected chi connectivity index (χ3v) is 4.09. The maximum atomic E-state index is 12.0. The van der Waals surface area contributed by atoms with Gasteiger partial charge in [-0.05, 0) is 28.1 Å². The number of rotatable bonds is 3. The number of hydrogen-bond acceptors (Lipinski definition) is 3. The molecule has 1 aliphatic rings. The third-order valence-electron chi connectivity index (χ3n) is 3.20. The zero-order valence-corrected chi connectivity index (χ0v) is 13.2. The summed E-state index contributed by atoms with van der Waals surface area (Å²) < 4.78 is 5.24. The van der Waals surface area contributed by atoms with Gasteiger partial charge in [0.15, 0.2) is 0 Å². The van der Waals surface area contributed by atoms with E-state index in [-0.39, 0.29) is 11.8 Å². The van der Waals surface area contributed by atoms with Gasteiger partial charge in [0.05, 0.1) is 23.4 Å². The molecule has 0 aliphatic carbocycles. The molecule has 0 N–H and O–H groups in total. The molecular weight excluding hydrogens is 346 g/mol. The van der Waals surface area contributed by atoms with Crippen LogP contribution in [0.2, 0.25) is 5.02 Å². The Bertz CT molecular complexity index is 565. The number of halogens is 2. The zero-order chi connectivity index (χ0) is 14.9. The second-order valence-corrected chi connectivity index (χ2v) is 5.75. The van der Waals surface area contributed by atoms with Crippen LogP contribution in [0.15, 0.2) is 29.3 Å². The van der Waals surface area contributed by atoms with Crippen molar-refractivity contribution < 1.29 is 14.3 Å². The number of hydrogen-bond donors (Lipinski definition) is 0. The van der Waals surface area contributed by atoms with E-state index in [0.717, 1.165) is 0 Å². The highest BCUT2D eigenvalue weighted by Gasteiger charge is 2.31. The van der Waals surface area contributed by atoms with E-state index in [4.69, 9.17) is 11.6 Å². The van der Waals surface area contributed by atoms with E-state index in [1.54, 1.807) is 17.0 Å². The first-order chi connectivity index (χ1) is 9.47. The summed E-state index contributed by atoms with van der Waals surface area (Å²) in [5.74, 6) is -0.370. The predicted molar refractivity (Wildman–Crippen MR) is 81.1 cm³/mol. The second-order valence-electron chi connectivity index (χ2n) is 4.48. The lowest BCUT2D eigenvalue weighted by atomic mass is 10.1. The van der Waals surface area contributed by atoms with Crippen molar-refractivity contribution in [3.05, 3.63) is 39.8 Å². The smallest absolute Gasteiger partial charge is 0.337 e. The van der Waals surface area contributed by atoms with Gasteiger partial charge in [-0.25, -0.2) is 4.79 Å². The lowest BCUT2D eigenvalue weighted by Crippen LogP contribution is -2.25. The molecule has 1 unspecified atom stereocenters. The van der Waals surface area contributed by atoms with E-state index in [1.807, 2.05) is 0 Å². The first kappa shape index (κ1) is 15.1. The minimum absolute atomic E-state index is 0.0108. The number of esters is 1. The molecule has 0 aromatic heterocycles. The van der Waals surface area contributed by atoms with Crippen LogP contribution in [0.1, 0.15) is 16.8 Å². The number of carbonyl (C=O) groups is 2. The van der Waals surface area contributed by atoms with E-state index in [0.29, 0.717) is 33.7 Å². The molecule has 2 rings (SSSR count). The lowest BCUT2D eigenvalue weighted by molar-refractivity contribution is -0.117. The van der Waals surface area contributed by atoms with Gasteiger partial charge >= 0.3 is 5.97 Å². The monoisotopic (exact) mass is 357 g/mol. The maximum Gasteiger partial charge on any atom is 0.337 e. The molecule has 1 aromatic rings.